The highest BCUT2D eigenvalue weighted by atomic mass is 79.9. The third-order valence-electron chi connectivity index (χ3n) is 2.01. The summed E-state index contributed by atoms with van der Waals surface area (Å²) in [6.07, 6.45) is 0. The van der Waals surface area contributed by atoms with Gasteiger partial charge in [-0.1, -0.05) is 22.0 Å². The van der Waals surface area contributed by atoms with E-state index in [-0.39, 0.29) is 11.7 Å². The zero-order valence-electron chi connectivity index (χ0n) is 8.97. The lowest BCUT2D eigenvalue weighted by Gasteiger charge is -2.16. The van der Waals surface area contributed by atoms with Crippen LogP contribution in [-0.4, -0.2) is 15.3 Å². The summed E-state index contributed by atoms with van der Waals surface area (Å²) in [5.41, 5.74) is 1.38. The van der Waals surface area contributed by atoms with Crippen LogP contribution in [0.5, 0.6) is 5.75 Å². The van der Waals surface area contributed by atoms with E-state index in [1.807, 2.05) is 0 Å². The van der Waals surface area contributed by atoms with Gasteiger partial charge in [0.25, 0.3) is 0 Å². The number of hydrogen-bond acceptors (Lipinski definition) is 2. The number of aromatic hydroxyl groups is 1. The van der Waals surface area contributed by atoms with Crippen LogP contribution in [0.25, 0.3) is 0 Å². The largest absolute Gasteiger partial charge is 0.508 e. The van der Waals surface area contributed by atoms with Crippen molar-refractivity contribution in [2.24, 2.45) is 0 Å². The van der Waals surface area contributed by atoms with Crippen molar-refractivity contribution in [3.8, 4) is 5.75 Å². The molecule has 4 heteroatoms. The fraction of sp³-hybridized carbons (Fsp3) is 0.364. The number of carbonyl (C=O) groups excluding carboxylic acids is 1. The number of carbonyl (C=O) groups is 1. The van der Waals surface area contributed by atoms with Crippen LogP contribution in [0.4, 0.5) is 5.69 Å². The van der Waals surface area contributed by atoms with Gasteiger partial charge in [0.15, 0.2) is 0 Å². The van der Waals surface area contributed by atoms with E-state index >= 15 is 0 Å². The summed E-state index contributed by atoms with van der Waals surface area (Å²) < 4.78 is -0.618. The van der Waals surface area contributed by atoms with Crippen molar-refractivity contribution in [3.05, 3.63) is 23.8 Å². The van der Waals surface area contributed by atoms with Crippen molar-refractivity contribution >= 4 is 27.5 Å². The maximum Gasteiger partial charge on any atom is 0.240 e. The smallest absolute Gasteiger partial charge is 0.240 e. The van der Waals surface area contributed by atoms with Crippen molar-refractivity contribution in [3.63, 3.8) is 0 Å². The zero-order valence-corrected chi connectivity index (χ0v) is 10.6. The van der Waals surface area contributed by atoms with Crippen LogP contribution in [-0.2, 0) is 4.79 Å². The lowest BCUT2D eigenvalue weighted by molar-refractivity contribution is -0.117. The van der Waals surface area contributed by atoms with E-state index in [1.54, 1.807) is 32.9 Å². The molecule has 0 fully saturated rings. The van der Waals surface area contributed by atoms with E-state index in [1.165, 1.54) is 6.07 Å². The van der Waals surface area contributed by atoms with Crippen molar-refractivity contribution < 1.29 is 9.90 Å². The number of phenols is 1. The van der Waals surface area contributed by atoms with Gasteiger partial charge >= 0.3 is 0 Å². The molecular weight excluding hydrogens is 258 g/mol. The van der Waals surface area contributed by atoms with Crippen molar-refractivity contribution in [2.45, 2.75) is 25.1 Å². The van der Waals surface area contributed by atoms with Crippen LogP contribution in [0.15, 0.2) is 18.2 Å². The highest BCUT2D eigenvalue weighted by Gasteiger charge is 2.23. The summed E-state index contributed by atoms with van der Waals surface area (Å²) in [6.45, 7) is 5.32. The van der Waals surface area contributed by atoms with Crippen molar-refractivity contribution in [1.29, 1.82) is 0 Å². The first kappa shape index (κ1) is 12.0. The molecule has 1 aromatic rings. The second-order valence-electron chi connectivity index (χ2n) is 3.93. The van der Waals surface area contributed by atoms with E-state index < -0.39 is 4.32 Å². The molecule has 0 radical (unpaired) electrons. The van der Waals surface area contributed by atoms with Crippen LogP contribution >= 0.6 is 15.9 Å². The molecule has 0 aliphatic heterocycles. The number of amides is 1. The van der Waals surface area contributed by atoms with E-state index in [4.69, 9.17) is 0 Å². The topological polar surface area (TPSA) is 49.3 Å². The molecule has 1 aromatic carbocycles. The van der Waals surface area contributed by atoms with E-state index in [2.05, 4.69) is 21.2 Å². The molecule has 15 heavy (non-hydrogen) atoms. The highest BCUT2D eigenvalue weighted by Crippen LogP contribution is 2.23. The Labute approximate surface area is 97.6 Å². The number of anilines is 1. The second-order valence-corrected chi connectivity index (χ2v) is 5.91. The lowest BCUT2D eigenvalue weighted by atomic mass is 10.1. The molecule has 0 saturated heterocycles. The summed E-state index contributed by atoms with van der Waals surface area (Å²) >= 11 is 3.26. The molecule has 0 aromatic heterocycles. The molecule has 0 saturated carbocycles. The Morgan fingerprint density at radius 3 is 2.53 bits per heavy atom. The third kappa shape index (κ3) is 3.23. The van der Waals surface area contributed by atoms with Crippen LogP contribution < -0.4 is 5.32 Å². The molecule has 3 nitrogen and oxygen atoms in total. The van der Waals surface area contributed by atoms with Gasteiger partial charge < -0.3 is 10.4 Å². The Morgan fingerprint density at radius 1 is 1.47 bits per heavy atom. The maximum atomic E-state index is 11.6. The van der Waals surface area contributed by atoms with Crippen LogP contribution in [0.2, 0.25) is 0 Å². The molecule has 1 rings (SSSR count). The average Bonchev–Trinajstić information content (AvgIpc) is 2.10. The number of rotatable bonds is 2. The molecule has 1 amide bonds. The van der Waals surface area contributed by atoms with Gasteiger partial charge in [0.2, 0.25) is 5.91 Å². The minimum atomic E-state index is -0.618. The van der Waals surface area contributed by atoms with Gasteiger partial charge in [-0.3, -0.25) is 4.79 Å². The number of phenolic OH excluding ortho intramolecular Hbond substituents is 1. The average molecular weight is 272 g/mol. The molecule has 0 spiro atoms. The van der Waals surface area contributed by atoms with Crippen LogP contribution in [0.3, 0.4) is 0 Å². The monoisotopic (exact) mass is 271 g/mol. The Morgan fingerprint density at radius 2 is 2.07 bits per heavy atom. The highest BCUT2D eigenvalue weighted by molar-refractivity contribution is 9.10. The predicted molar refractivity (Wildman–Crippen MR) is 64.5 cm³/mol. The van der Waals surface area contributed by atoms with Gasteiger partial charge in [-0.25, -0.2) is 0 Å². The molecule has 0 atom stereocenters. The third-order valence-corrected chi connectivity index (χ3v) is 2.37. The fourth-order valence-electron chi connectivity index (χ4n) is 0.967. The fourth-order valence-corrected chi connectivity index (χ4v) is 1.07. The quantitative estimate of drug-likeness (QED) is 0.813. The normalized spacial score (nSPS) is 11.2. The summed E-state index contributed by atoms with van der Waals surface area (Å²) in [7, 11) is 0. The molecule has 2 N–H and O–H groups in total. The number of alkyl halides is 1. The van der Waals surface area contributed by atoms with E-state index in [9.17, 15) is 9.90 Å². The summed E-state index contributed by atoms with van der Waals surface area (Å²) in [4.78, 5) is 11.6. The van der Waals surface area contributed by atoms with Gasteiger partial charge in [0.05, 0.1) is 4.32 Å². The number of benzene rings is 1. The first-order valence-corrected chi connectivity index (χ1v) is 5.40. The minimum Gasteiger partial charge on any atom is -0.508 e. The van der Waals surface area contributed by atoms with Crippen molar-refractivity contribution in [1.82, 2.24) is 0 Å². The summed E-state index contributed by atoms with van der Waals surface area (Å²) in [6, 6.07) is 5.05. The Balaban J connectivity index is 2.83. The molecule has 82 valence electrons. The molecule has 0 aliphatic rings. The summed E-state index contributed by atoms with van der Waals surface area (Å²) in [5.74, 6) is 0.0333. The predicted octanol–water partition coefficient (Wildman–Crippen LogP) is 2.81. The van der Waals surface area contributed by atoms with E-state index in [0.717, 1.165) is 5.56 Å². The van der Waals surface area contributed by atoms with Gasteiger partial charge in [-0.2, -0.15) is 0 Å². The Kier molecular flexibility index (Phi) is 3.39. The number of aryl methyl sites for hydroxylation is 1. The van der Waals surface area contributed by atoms with Gasteiger partial charge in [-0.15, -0.1) is 0 Å². The van der Waals surface area contributed by atoms with Gasteiger partial charge in [0.1, 0.15) is 5.75 Å². The standard InChI is InChI=1S/C11H14BrNO2/c1-7-4-5-8(6-9(7)14)13-10(15)11(2,3)12/h4-6,14H,1-3H3,(H,13,15). The maximum absolute atomic E-state index is 11.6. The lowest BCUT2D eigenvalue weighted by Crippen LogP contribution is -2.30. The number of nitrogens with one attached hydrogen (secondary N) is 1. The van der Waals surface area contributed by atoms with E-state index in [0.29, 0.717) is 5.69 Å². The first-order valence-electron chi connectivity index (χ1n) is 4.60. The molecule has 0 heterocycles. The van der Waals surface area contributed by atoms with Crippen LogP contribution in [0, 0.1) is 6.92 Å². The summed E-state index contributed by atoms with van der Waals surface area (Å²) in [5, 5.41) is 12.2. The first-order chi connectivity index (χ1) is 6.80. The van der Waals surface area contributed by atoms with Crippen molar-refractivity contribution in [2.75, 3.05) is 5.32 Å². The second kappa shape index (κ2) is 4.23. The molecule has 0 bridgehead atoms. The SMILES string of the molecule is Cc1ccc(NC(=O)C(C)(C)Br)cc1O. The Bertz CT molecular complexity index is 383. The Hall–Kier alpha value is -1.03. The molecule has 0 unspecified atom stereocenters. The molecule has 0 aliphatic carbocycles. The minimum absolute atomic E-state index is 0.147. The number of halogens is 1. The molecular formula is C11H14BrNO2. The zero-order chi connectivity index (χ0) is 11.6. The van der Waals surface area contributed by atoms with Gasteiger partial charge in [-0.05, 0) is 32.4 Å². The van der Waals surface area contributed by atoms with Gasteiger partial charge in [0, 0.05) is 11.8 Å². The number of hydrogen-bond donors (Lipinski definition) is 2. The van der Waals surface area contributed by atoms with Crippen LogP contribution in [0.1, 0.15) is 19.4 Å².